The first-order valence-corrected chi connectivity index (χ1v) is 7.25. The van der Waals surface area contributed by atoms with Crippen LogP contribution in [0.5, 0.6) is 0 Å². The minimum absolute atomic E-state index is 0.263. The van der Waals surface area contributed by atoms with Crippen molar-refractivity contribution in [2.45, 2.75) is 19.9 Å². The first-order valence-electron chi connectivity index (χ1n) is 7.25. The van der Waals surface area contributed by atoms with Gasteiger partial charge in [0.1, 0.15) is 0 Å². The van der Waals surface area contributed by atoms with Crippen LogP contribution in [0.1, 0.15) is 16.7 Å². The van der Waals surface area contributed by atoms with Crippen molar-refractivity contribution in [2.24, 2.45) is 5.92 Å². The largest absolute Gasteiger partial charge is 0.396 e. The van der Waals surface area contributed by atoms with E-state index in [2.05, 4.69) is 54.3 Å². The highest BCUT2D eigenvalue weighted by atomic mass is 16.3. The normalized spacial score (nSPS) is 17.9. The van der Waals surface area contributed by atoms with Crippen molar-refractivity contribution in [1.29, 1.82) is 0 Å². The molecule has 0 aromatic heterocycles. The number of anilines is 1. The van der Waals surface area contributed by atoms with Crippen LogP contribution in [0.4, 0.5) is 5.69 Å². The summed E-state index contributed by atoms with van der Waals surface area (Å²) in [6, 6.07) is 17.2. The number of aliphatic hydroxyl groups is 1. The molecule has 1 aliphatic heterocycles. The molecular formula is C18H21NO. The van der Waals surface area contributed by atoms with E-state index in [9.17, 15) is 5.11 Å². The summed E-state index contributed by atoms with van der Waals surface area (Å²) < 4.78 is 0. The fraction of sp³-hybridized carbons (Fsp3) is 0.333. The lowest BCUT2D eigenvalue weighted by Gasteiger charge is -2.36. The van der Waals surface area contributed by atoms with E-state index < -0.39 is 0 Å². The summed E-state index contributed by atoms with van der Waals surface area (Å²) in [5.74, 6) is 0.341. The molecule has 1 N–H and O–H groups in total. The molecule has 2 heteroatoms. The van der Waals surface area contributed by atoms with Crippen LogP contribution in [0.2, 0.25) is 0 Å². The number of rotatable bonds is 3. The smallest absolute Gasteiger partial charge is 0.0479 e. The Labute approximate surface area is 120 Å². The molecule has 0 radical (unpaired) electrons. The SMILES string of the molecule is Cc1ccc2c(c1)CC(CO)CN2Cc1ccccc1. The number of hydrogen-bond acceptors (Lipinski definition) is 2. The monoisotopic (exact) mass is 267 g/mol. The Morgan fingerprint density at radius 2 is 1.95 bits per heavy atom. The van der Waals surface area contributed by atoms with Gasteiger partial charge in [0.2, 0.25) is 0 Å². The van der Waals surface area contributed by atoms with Gasteiger partial charge in [-0.15, -0.1) is 0 Å². The molecule has 0 saturated carbocycles. The topological polar surface area (TPSA) is 23.5 Å². The van der Waals surface area contributed by atoms with Gasteiger partial charge in [0, 0.05) is 31.3 Å². The number of fused-ring (bicyclic) bond motifs is 1. The van der Waals surface area contributed by atoms with E-state index in [0.717, 1.165) is 19.5 Å². The van der Waals surface area contributed by atoms with Crippen molar-refractivity contribution < 1.29 is 5.11 Å². The molecule has 2 nitrogen and oxygen atoms in total. The lowest BCUT2D eigenvalue weighted by Crippen LogP contribution is -2.36. The number of aliphatic hydroxyl groups excluding tert-OH is 1. The Balaban J connectivity index is 1.90. The molecular weight excluding hydrogens is 246 g/mol. The highest BCUT2D eigenvalue weighted by Gasteiger charge is 2.23. The second kappa shape index (κ2) is 5.68. The number of hydrogen-bond donors (Lipinski definition) is 1. The van der Waals surface area contributed by atoms with Gasteiger partial charge in [-0.05, 0) is 30.5 Å². The molecule has 0 saturated heterocycles. The molecule has 104 valence electrons. The molecule has 1 atom stereocenters. The first kappa shape index (κ1) is 13.2. The summed E-state index contributed by atoms with van der Waals surface area (Å²) in [6.07, 6.45) is 0.985. The van der Waals surface area contributed by atoms with Crippen LogP contribution in [-0.4, -0.2) is 18.3 Å². The molecule has 1 heterocycles. The van der Waals surface area contributed by atoms with Gasteiger partial charge in [-0.25, -0.2) is 0 Å². The van der Waals surface area contributed by atoms with Crippen LogP contribution in [-0.2, 0) is 13.0 Å². The third kappa shape index (κ3) is 2.70. The lowest BCUT2D eigenvalue weighted by atomic mass is 9.91. The Hall–Kier alpha value is -1.80. The molecule has 0 amide bonds. The van der Waals surface area contributed by atoms with Crippen LogP contribution >= 0.6 is 0 Å². The van der Waals surface area contributed by atoms with Crippen LogP contribution in [0.3, 0.4) is 0 Å². The number of aryl methyl sites for hydroxylation is 1. The molecule has 1 unspecified atom stereocenters. The van der Waals surface area contributed by atoms with Crippen molar-refractivity contribution >= 4 is 5.69 Å². The molecule has 2 aromatic carbocycles. The van der Waals surface area contributed by atoms with Gasteiger partial charge in [0.05, 0.1) is 0 Å². The van der Waals surface area contributed by atoms with Crippen molar-refractivity contribution in [3.8, 4) is 0 Å². The van der Waals surface area contributed by atoms with Crippen molar-refractivity contribution in [1.82, 2.24) is 0 Å². The maximum absolute atomic E-state index is 9.54. The second-order valence-corrected chi connectivity index (χ2v) is 5.75. The number of benzene rings is 2. The van der Waals surface area contributed by atoms with E-state index >= 15 is 0 Å². The Morgan fingerprint density at radius 3 is 2.70 bits per heavy atom. The standard InChI is InChI=1S/C18H21NO/c1-14-7-8-18-17(9-14)10-16(13-20)12-19(18)11-15-5-3-2-4-6-15/h2-9,16,20H,10-13H2,1H3. The highest BCUT2D eigenvalue weighted by molar-refractivity contribution is 5.57. The van der Waals surface area contributed by atoms with Crippen LogP contribution in [0.15, 0.2) is 48.5 Å². The van der Waals surface area contributed by atoms with Gasteiger partial charge in [-0.3, -0.25) is 0 Å². The van der Waals surface area contributed by atoms with E-state index in [4.69, 9.17) is 0 Å². The minimum Gasteiger partial charge on any atom is -0.396 e. The maximum atomic E-state index is 9.54. The zero-order valence-corrected chi connectivity index (χ0v) is 11.9. The average molecular weight is 267 g/mol. The Morgan fingerprint density at radius 1 is 1.15 bits per heavy atom. The molecule has 20 heavy (non-hydrogen) atoms. The van der Waals surface area contributed by atoms with E-state index in [1.54, 1.807) is 0 Å². The van der Waals surface area contributed by atoms with E-state index in [-0.39, 0.29) is 6.61 Å². The van der Waals surface area contributed by atoms with Crippen molar-refractivity contribution in [2.75, 3.05) is 18.1 Å². The molecule has 0 fully saturated rings. The summed E-state index contributed by atoms with van der Waals surface area (Å²) in [5, 5.41) is 9.54. The predicted molar refractivity (Wildman–Crippen MR) is 83.0 cm³/mol. The fourth-order valence-corrected chi connectivity index (χ4v) is 3.05. The molecule has 0 aliphatic carbocycles. The van der Waals surface area contributed by atoms with E-state index in [1.807, 2.05) is 6.07 Å². The summed E-state index contributed by atoms with van der Waals surface area (Å²) in [6.45, 7) is 4.23. The van der Waals surface area contributed by atoms with Crippen LogP contribution in [0, 0.1) is 12.8 Å². The van der Waals surface area contributed by atoms with Crippen molar-refractivity contribution in [3.63, 3.8) is 0 Å². The second-order valence-electron chi connectivity index (χ2n) is 5.75. The van der Waals surface area contributed by atoms with Crippen LogP contribution < -0.4 is 4.90 Å². The van der Waals surface area contributed by atoms with Gasteiger partial charge in [0.15, 0.2) is 0 Å². The van der Waals surface area contributed by atoms with Gasteiger partial charge in [0.25, 0.3) is 0 Å². The van der Waals surface area contributed by atoms with Gasteiger partial charge in [-0.2, -0.15) is 0 Å². The lowest BCUT2D eigenvalue weighted by molar-refractivity contribution is 0.223. The number of nitrogens with zero attached hydrogens (tertiary/aromatic N) is 1. The zero-order valence-electron chi connectivity index (χ0n) is 11.9. The molecule has 2 aromatic rings. The Bertz CT molecular complexity index is 579. The fourth-order valence-electron chi connectivity index (χ4n) is 3.05. The predicted octanol–water partition coefficient (Wildman–Crippen LogP) is 3.17. The molecule has 0 spiro atoms. The summed E-state index contributed by atoms with van der Waals surface area (Å²) in [5.41, 5.74) is 5.30. The van der Waals surface area contributed by atoms with E-state index in [1.165, 1.54) is 22.4 Å². The zero-order chi connectivity index (χ0) is 13.9. The van der Waals surface area contributed by atoms with Gasteiger partial charge < -0.3 is 10.0 Å². The maximum Gasteiger partial charge on any atom is 0.0479 e. The summed E-state index contributed by atoms with van der Waals surface area (Å²) in [4.78, 5) is 2.40. The Kier molecular flexibility index (Phi) is 3.75. The summed E-state index contributed by atoms with van der Waals surface area (Å²) >= 11 is 0. The van der Waals surface area contributed by atoms with E-state index in [0.29, 0.717) is 5.92 Å². The summed E-state index contributed by atoms with van der Waals surface area (Å²) in [7, 11) is 0. The minimum atomic E-state index is 0.263. The third-order valence-electron chi connectivity index (χ3n) is 4.04. The van der Waals surface area contributed by atoms with Crippen LogP contribution in [0.25, 0.3) is 0 Å². The quantitative estimate of drug-likeness (QED) is 0.923. The third-order valence-corrected chi connectivity index (χ3v) is 4.04. The molecule has 0 bridgehead atoms. The van der Waals surface area contributed by atoms with Gasteiger partial charge >= 0.3 is 0 Å². The molecule has 1 aliphatic rings. The average Bonchev–Trinajstić information content (AvgIpc) is 2.47. The molecule has 3 rings (SSSR count). The highest BCUT2D eigenvalue weighted by Crippen LogP contribution is 2.31. The van der Waals surface area contributed by atoms with Gasteiger partial charge in [-0.1, -0.05) is 48.0 Å². The first-order chi connectivity index (χ1) is 9.76. The van der Waals surface area contributed by atoms with Crippen molar-refractivity contribution in [3.05, 3.63) is 65.2 Å².